The van der Waals surface area contributed by atoms with Crippen LogP contribution in [0.15, 0.2) is 47.0 Å². The normalized spacial score (nSPS) is 35.7. The summed E-state index contributed by atoms with van der Waals surface area (Å²) in [6, 6.07) is 8.93. The van der Waals surface area contributed by atoms with Gasteiger partial charge in [0.1, 0.15) is 5.60 Å². The second-order valence-electron chi connectivity index (χ2n) is 6.99. The topological polar surface area (TPSA) is 59.0 Å². The lowest BCUT2D eigenvalue weighted by Gasteiger charge is -2.32. The summed E-state index contributed by atoms with van der Waals surface area (Å²) in [5, 5.41) is 0. The van der Waals surface area contributed by atoms with E-state index in [0.29, 0.717) is 0 Å². The van der Waals surface area contributed by atoms with Gasteiger partial charge in [-0.15, -0.1) is 0 Å². The maximum atomic E-state index is 13.0. The van der Waals surface area contributed by atoms with Crippen LogP contribution >= 0.6 is 0 Å². The molecular formula is C19H20N2O3. The first-order valence-electron chi connectivity index (χ1n) is 8.25. The van der Waals surface area contributed by atoms with Gasteiger partial charge >= 0.3 is 0 Å². The lowest BCUT2D eigenvalue weighted by Crippen LogP contribution is -2.44. The molecule has 5 nitrogen and oxygen atoms in total. The van der Waals surface area contributed by atoms with Crippen molar-refractivity contribution in [3.8, 4) is 0 Å². The molecule has 2 saturated heterocycles. The van der Waals surface area contributed by atoms with E-state index in [1.165, 1.54) is 4.90 Å². The van der Waals surface area contributed by atoms with E-state index < -0.39 is 17.6 Å². The molecule has 0 spiro atoms. The molecule has 4 unspecified atom stereocenters. The Kier molecular flexibility index (Phi) is 3.25. The Balaban J connectivity index is 1.67. The van der Waals surface area contributed by atoms with E-state index in [9.17, 15) is 9.59 Å². The molecule has 0 aliphatic carbocycles. The van der Waals surface area contributed by atoms with Gasteiger partial charge in [-0.25, -0.2) is 0 Å². The fourth-order valence-corrected chi connectivity index (χ4v) is 4.12. The van der Waals surface area contributed by atoms with Crippen LogP contribution in [0.1, 0.15) is 32.4 Å². The highest BCUT2D eigenvalue weighted by Gasteiger charge is 2.64. The number of dihydropyridines is 1. The third-order valence-electron chi connectivity index (χ3n) is 5.26. The second kappa shape index (κ2) is 5.11. The zero-order valence-electron chi connectivity index (χ0n) is 14.0. The number of fused-ring (bicyclic) bond motifs is 3. The van der Waals surface area contributed by atoms with E-state index in [4.69, 9.17) is 4.74 Å². The standard InChI is InChI=1S/C19H20N2O3/c1-11-9-19(3)16(20-10-11)14-15(24-19)18(23)21(17(14)22)12(2)13-7-5-4-6-8-13/h4-10,12,14-16H,1-3H3/t12-,14?,15?,16?,19?/m0/s1. The van der Waals surface area contributed by atoms with Gasteiger partial charge in [0, 0.05) is 6.21 Å². The van der Waals surface area contributed by atoms with Crippen LogP contribution in [0.5, 0.6) is 0 Å². The maximum absolute atomic E-state index is 13.0. The van der Waals surface area contributed by atoms with E-state index in [2.05, 4.69) is 4.99 Å². The largest absolute Gasteiger partial charge is 0.355 e. The number of nitrogens with zero attached hydrogens (tertiary/aromatic N) is 2. The van der Waals surface area contributed by atoms with Gasteiger partial charge in [0.25, 0.3) is 5.91 Å². The van der Waals surface area contributed by atoms with Crippen LogP contribution < -0.4 is 0 Å². The molecule has 1 aromatic carbocycles. The lowest BCUT2D eigenvalue weighted by atomic mass is 9.85. The van der Waals surface area contributed by atoms with Crippen LogP contribution in [0.4, 0.5) is 0 Å². The van der Waals surface area contributed by atoms with Crippen molar-refractivity contribution < 1.29 is 14.3 Å². The number of rotatable bonds is 2. The number of hydrogen-bond donors (Lipinski definition) is 0. The van der Waals surface area contributed by atoms with Crippen LogP contribution in [0.3, 0.4) is 0 Å². The van der Waals surface area contributed by atoms with Gasteiger partial charge in [-0.3, -0.25) is 19.5 Å². The number of carbonyl (C=O) groups is 2. The van der Waals surface area contributed by atoms with Gasteiger partial charge in [0.05, 0.1) is 18.0 Å². The number of ether oxygens (including phenoxy) is 1. The van der Waals surface area contributed by atoms with Crippen LogP contribution in [-0.4, -0.2) is 40.7 Å². The number of aliphatic imine (C=N–C) groups is 1. The molecular weight excluding hydrogens is 304 g/mol. The first kappa shape index (κ1) is 15.3. The van der Waals surface area contributed by atoms with Crippen molar-refractivity contribution in [1.29, 1.82) is 0 Å². The van der Waals surface area contributed by atoms with E-state index in [0.717, 1.165) is 11.1 Å². The summed E-state index contributed by atoms with van der Waals surface area (Å²) >= 11 is 0. The molecule has 2 fully saturated rings. The highest BCUT2D eigenvalue weighted by atomic mass is 16.5. The Labute approximate surface area is 141 Å². The number of hydrogen-bond acceptors (Lipinski definition) is 4. The van der Waals surface area contributed by atoms with E-state index >= 15 is 0 Å². The molecule has 3 aliphatic rings. The van der Waals surface area contributed by atoms with Crippen LogP contribution in [0.2, 0.25) is 0 Å². The maximum Gasteiger partial charge on any atom is 0.259 e. The van der Waals surface area contributed by atoms with Crippen molar-refractivity contribution in [2.45, 2.75) is 44.6 Å². The smallest absolute Gasteiger partial charge is 0.259 e. The summed E-state index contributed by atoms with van der Waals surface area (Å²) in [5.74, 6) is -0.965. The van der Waals surface area contributed by atoms with E-state index in [1.54, 1.807) is 6.21 Å². The number of imide groups is 1. The van der Waals surface area contributed by atoms with Gasteiger partial charge in [0.2, 0.25) is 5.91 Å². The van der Waals surface area contributed by atoms with Crippen molar-refractivity contribution >= 4 is 18.0 Å². The zero-order valence-corrected chi connectivity index (χ0v) is 14.0. The van der Waals surface area contributed by atoms with E-state index in [-0.39, 0.29) is 23.9 Å². The summed E-state index contributed by atoms with van der Waals surface area (Å²) in [7, 11) is 0. The van der Waals surface area contributed by atoms with Gasteiger partial charge in [0.15, 0.2) is 6.10 Å². The third kappa shape index (κ3) is 2.01. The molecule has 124 valence electrons. The molecule has 2 amide bonds. The molecule has 0 N–H and O–H groups in total. The van der Waals surface area contributed by atoms with Gasteiger partial charge < -0.3 is 4.74 Å². The summed E-state index contributed by atoms with van der Waals surface area (Å²) in [6.45, 7) is 5.72. The molecule has 0 saturated carbocycles. The quantitative estimate of drug-likeness (QED) is 0.784. The van der Waals surface area contributed by atoms with E-state index in [1.807, 2.05) is 57.2 Å². The summed E-state index contributed by atoms with van der Waals surface area (Å²) < 4.78 is 6.04. The number of amides is 2. The second-order valence-corrected chi connectivity index (χ2v) is 6.99. The number of allylic oxidation sites excluding steroid dienone is 1. The molecule has 3 heterocycles. The molecule has 0 radical (unpaired) electrons. The molecule has 3 aliphatic heterocycles. The Bertz CT molecular complexity index is 770. The Morgan fingerprint density at radius 3 is 2.62 bits per heavy atom. The lowest BCUT2D eigenvalue weighted by molar-refractivity contribution is -0.148. The molecule has 0 bridgehead atoms. The third-order valence-corrected chi connectivity index (χ3v) is 5.26. The van der Waals surface area contributed by atoms with Crippen LogP contribution in [-0.2, 0) is 14.3 Å². The first-order valence-corrected chi connectivity index (χ1v) is 8.25. The van der Waals surface area contributed by atoms with Crippen molar-refractivity contribution in [2.75, 3.05) is 0 Å². The molecule has 5 heteroatoms. The SMILES string of the molecule is CC1=CC2(C)OC3C(=O)N([C@@H](C)c4ccccc4)C(=O)C3C2N=C1. The fourth-order valence-electron chi connectivity index (χ4n) is 4.12. The molecule has 5 atom stereocenters. The fraction of sp³-hybridized carbons (Fsp3) is 0.421. The molecule has 0 aromatic heterocycles. The monoisotopic (exact) mass is 324 g/mol. The van der Waals surface area contributed by atoms with Gasteiger partial charge in [-0.2, -0.15) is 0 Å². The predicted octanol–water partition coefficient (Wildman–Crippen LogP) is 2.29. The van der Waals surface area contributed by atoms with Gasteiger partial charge in [-0.05, 0) is 38.0 Å². The molecule has 24 heavy (non-hydrogen) atoms. The number of carbonyl (C=O) groups excluding carboxylic acids is 2. The minimum Gasteiger partial charge on any atom is -0.355 e. The Morgan fingerprint density at radius 2 is 1.92 bits per heavy atom. The number of benzene rings is 1. The first-order chi connectivity index (χ1) is 11.4. The average molecular weight is 324 g/mol. The Morgan fingerprint density at radius 1 is 1.21 bits per heavy atom. The van der Waals surface area contributed by atoms with Crippen molar-refractivity contribution in [1.82, 2.24) is 4.90 Å². The van der Waals surface area contributed by atoms with Crippen LogP contribution in [0, 0.1) is 5.92 Å². The summed E-state index contributed by atoms with van der Waals surface area (Å²) in [6.07, 6.45) is 2.99. The molecule has 1 aromatic rings. The zero-order chi connectivity index (χ0) is 17.1. The highest BCUT2D eigenvalue weighted by molar-refractivity contribution is 6.08. The van der Waals surface area contributed by atoms with Crippen molar-refractivity contribution in [3.05, 3.63) is 47.5 Å². The highest BCUT2D eigenvalue weighted by Crippen LogP contribution is 2.46. The van der Waals surface area contributed by atoms with Crippen LogP contribution in [0.25, 0.3) is 0 Å². The molecule has 4 rings (SSSR count). The summed E-state index contributed by atoms with van der Waals surface area (Å²) in [5.41, 5.74) is 1.25. The summed E-state index contributed by atoms with van der Waals surface area (Å²) in [4.78, 5) is 31.8. The average Bonchev–Trinajstić information content (AvgIpc) is 2.98. The Hall–Kier alpha value is -2.27. The van der Waals surface area contributed by atoms with Gasteiger partial charge in [-0.1, -0.05) is 30.3 Å². The minimum absolute atomic E-state index is 0.180. The van der Waals surface area contributed by atoms with Crippen molar-refractivity contribution in [3.63, 3.8) is 0 Å². The number of likely N-dealkylation sites (tertiary alicyclic amines) is 1. The van der Waals surface area contributed by atoms with Crippen molar-refractivity contribution in [2.24, 2.45) is 10.9 Å². The predicted molar refractivity (Wildman–Crippen MR) is 89.5 cm³/mol. The minimum atomic E-state index is -0.738.